The quantitative estimate of drug-likeness (QED) is 0.756. The first-order chi connectivity index (χ1) is 8.07. The zero-order valence-electron chi connectivity index (χ0n) is 9.13. The Bertz CT molecular complexity index is 497. The van der Waals surface area contributed by atoms with Crippen LogP contribution in [0.3, 0.4) is 0 Å². The molecule has 0 saturated carbocycles. The molecule has 1 aliphatic heterocycles. The SMILES string of the molecule is O=C1OC[C@H]1NS(=O)(=O)CCc1ccccc1. The summed E-state index contributed by atoms with van der Waals surface area (Å²) in [5, 5.41) is 0. The molecule has 0 unspecified atom stereocenters. The predicted octanol–water partition coefficient (Wildman–Crippen LogP) is 0.0739. The molecule has 1 atom stereocenters. The van der Waals surface area contributed by atoms with Crippen molar-refractivity contribution in [3.63, 3.8) is 0 Å². The number of sulfonamides is 1. The molecule has 0 spiro atoms. The van der Waals surface area contributed by atoms with E-state index in [1.807, 2.05) is 30.3 Å². The number of hydrogen-bond acceptors (Lipinski definition) is 4. The van der Waals surface area contributed by atoms with Crippen molar-refractivity contribution in [2.75, 3.05) is 12.4 Å². The molecule has 1 N–H and O–H groups in total. The van der Waals surface area contributed by atoms with Crippen LogP contribution in [0, 0.1) is 0 Å². The molecule has 0 aliphatic carbocycles. The average molecular weight is 255 g/mol. The summed E-state index contributed by atoms with van der Waals surface area (Å²) < 4.78 is 30.1. The lowest BCUT2D eigenvalue weighted by atomic mass is 10.2. The first kappa shape index (κ1) is 12.1. The highest BCUT2D eigenvalue weighted by molar-refractivity contribution is 7.89. The van der Waals surface area contributed by atoms with Crippen LogP contribution in [0.2, 0.25) is 0 Å². The van der Waals surface area contributed by atoms with E-state index in [1.165, 1.54) is 0 Å². The maximum absolute atomic E-state index is 11.6. The lowest BCUT2D eigenvalue weighted by molar-refractivity contribution is -0.161. The molecule has 0 bridgehead atoms. The Labute approximate surface area is 99.8 Å². The summed E-state index contributed by atoms with van der Waals surface area (Å²) in [4.78, 5) is 10.8. The second-order valence-electron chi connectivity index (χ2n) is 3.85. The van der Waals surface area contributed by atoms with E-state index in [4.69, 9.17) is 0 Å². The zero-order chi connectivity index (χ0) is 12.3. The van der Waals surface area contributed by atoms with Crippen molar-refractivity contribution in [3.05, 3.63) is 35.9 Å². The zero-order valence-corrected chi connectivity index (χ0v) is 9.94. The number of ether oxygens (including phenoxy) is 1. The maximum atomic E-state index is 11.6. The molecule has 1 heterocycles. The first-order valence-electron chi connectivity index (χ1n) is 5.27. The van der Waals surface area contributed by atoms with Gasteiger partial charge in [0.05, 0.1) is 5.75 Å². The monoisotopic (exact) mass is 255 g/mol. The first-order valence-corrected chi connectivity index (χ1v) is 6.93. The Balaban J connectivity index is 1.87. The second-order valence-corrected chi connectivity index (χ2v) is 5.73. The molecule has 1 aromatic rings. The molecular weight excluding hydrogens is 242 g/mol. The molecule has 1 fully saturated rings. The molecular formula is C11H13NO4S. The van der Waals surface area contributed by atoms with E-state index in [2.05, 4.69) is 9.46 Å². The number of cyclic esters (lactones) is 1. The van der Waals surface area contributed by atoms with Gasteiger partial charge in [-0.2, -0.15) is 4.72 Å². The summed E-state index contributed by atoms with van der Waals surface area (Å²) in [6, 6.07) is 8.63. The topological polar surface area (TPSA) is 72.5 Å². The van der Waals surface area contributed by atoms with Crippen LogP contribution in [-0.2, 0) is 26.0 Å². The van der Waals surface area contributed by atoms with Crippen LogP contribution in [0.1, 0.15) is 5.56 Å². The highest BCUT2D eigenvalue weighted by Crippen LogP contribution is 2.06. The number of esters is 1. The van der Waals surface area contributed by atoms with Crippen molar-refractivity contribution in [2.24, 2.45) is 0 Å². The van der Waals surface area contributed by atoms with E-state index in [1.54, 1.807) is 0 Å². The van der Waals surface area contributed by atoms with Gasteiger partial charge in [-0.3, -0.25) is 4.79 Å². The van der Waals surface area contributed by atoms with E-state index in [-0.39, 0.29) is 12.4 Å². The summed E-state index contributed by atoms with van der Waals surface area (Å²) in [5.41, 5.74) is 0.953. The van der Waals surface area contributed by atoms with Crippen LogP contribution >= 0.6 is 0 Å². The smallest absolute Gasteiger partial charge is 0.327 e. The van der Waals surface area contributed by atoms with E-state index in [9.17, 15) is 13.2 Å². The molecule has 17 heavy (non-hydrogen) atoms. The van der Waals surface area contributed by atoms with Crippen LogP contribution in [0.5, 0.6) is 0 Å². The van der Waals surface area contributed by atoms with Gasteiger partial charge in [-0.1, -0.05) is 30.3 Å². The average Bonchev–Trinajstić information content (AvgIpc) is 2.33. The molecule has 2 rings (SSSR count). The number of carbonyl (C=O) groups excluding carboxylic acids is 1. The fourth-order valence-corrected chi connectivity index (χ4v) is 2.71. The van der Waals surface area contributed by atoms with Crippen molar-refractivity contribution in [3.8, 4) is 0 Å². The van der Waals surface area contributed by atoms with Crippen molar-refractivity contribution < 1.29 is 17.9 Å². The third kappa shape index (κ3) is 3.28. The fourth-order valence-electron chi connectivity index (χ4n) is 1.49. The minimum Gasteiger partial charge on any atom is -0.462 e. The van der Waals surface area contributed by atoms with Gasteiger partial charge in [-0.25, -0.2) is 8.42 Å². The number of benzene rings is 1. The highest BCUT2D eigenvalue weighted by Gasteiger charge is 2.34. The van der Waals surface area contributed by atoms with Gasteiger partial charge in [0.2, 0.25) is 10.0 Å². The Morgan fingerprint density at radius 2 is 2.00 bits per heavy atom. The summed E-state index contributed by atoms with van der Waals surface area (Å²) >= 11 is 0. The third-order valence-electron chi connectivity index (χ3n) is 2.50. The van der Waals surface area contributed by atoms with Crippen LogP contribution in [0.25, 0.3) is 0 Å². The summed E-state index contributed by atoms with van der Waals surface area (Å²) in [5.74, 6) is -0.533. The molecule has 1 aliphatic rings. The minimum absolute atomic E-state index is 0.0270. The van der Waals surface area contributed by atoms with Gasteiger partial charge in [0.15, 0.2) is 6.04 Å². The van der Waals surface area contributed by atoms with E-state index in [0.29, 0.717) is 6.42 Å². The predicted molar refractivity (Wildman–Crippen MR) is 61.8 cm³/mol. The summed E-state index contributed by atoms with van der Waals surface area (Å²) in [6.45, 7) is 0.128. The van der Waals surface area contributed by atoms with Crippen molar-refractivity contribution in [2.45, 2.75) is 12.5 Å². The summed E-state index contributed by atoms with van der Waals surface area (Å²) in [6.07, 6.45) is 0.429. The van der Waals surface area contributed by atoms with Crippen LogP contribution < -0.4 is 4.72 Å². The maximum Gasteiger partial charge on any atom is 0.327 e. The van der Waals surface area contributed by atoms with Crippen LogP contribution in [0.15, 0.2) is 30.3 Å². The fraction of sp³-hybridized carbons (Fsp3) is 0.364. The van der Waals surface area contributed by atoms with E-state index < -0.39 is 22.0 Å². The van der Waals surface area contributed by atoms with Crippen LogP contribution in [-0.4, -0.2) is 32.8 Å². The Morgan fingerprint density at radius 3 is 2.53 bits per heavy atom. The largest absolute Gasteiger partial charge is 0.462 e. The normalized spacial score (nSPS) is 19.5. The highest BCUT2D eigenvalue weighted by atomic mass is 32.2. The second kappa shape index (κ2) is 4.85. The Kier molecular flexibility index (Phi) is 3.44. The van der Waals surface area contributed by atoms with Crippen molar-refractivity contribution in [1.82, 2.24) is 4.72 Å². The van der Waals surface area contributed by atoms with E-state index in [0.717, 1.165) is 5.56 Å². The van der Waals surface area contributed by atoms with Gasteiger partial charge in [-0.05, 0) is 12.0 Å². The lowest BCUT2D eigenvalue weighted by Gasteiger charge is -2.24. The lowest BCUT2D eigenvalue weighted by Crippen LogP contribution is -2.53. The molecule has 6 heteroatoms. The van der Waals surface area contributed by atoms with Gasteiger partial charge in [-0.15, -0.1) is 0 Å². The molecule has 0 radical (unpaired) electrons. The number of carbonyl (C=O) groups is 1. The standard InChI is InChI=1S/C11H13NO4S/c13-11-10(8-16-11)12-17(14,15)7-6-9-4-2-1-3-5-9/h1-5,10,12H,6-8H2/t10-/m1/s1. The number of rotatable bonds is 5. The molecule has 5 nitrogen and oxygen atoms in total. The molecule has 92 valence electrons. The number of aryl methyl sites for hydroxylation is 1. The molecule has 1 saturated heterocycles. The van der Waals surface area contributed by atoms with Gasteiger partial charge in [0, 0.05) is 0 Å². The third-order valence-corrected chi connectivity index (χ3v) is 3.89. The molecule has 0 aromatic heterocycles. The van der Waals surface area contributed by atoms with Crippen molar-refractivity contribution >= 4 is 16.0 Å². The molecule has 0 amide bonds. The molecule has 1 aromatic carbocycles. The van der Waals surface area contributed by atoms with Crippen LogP contribution in [0.4, 0.5) is 0 Å². The van der Waals surface area contributed by atoms with Gasteiger partial charge >= 0.3 is 5.97 Å². The minimum atomic E-state index is -3.42. The number of hydrogen-bond donors (Lipinski definition) is 1. The van der Waals surface area contributed by atoms with Crippen molar-refractivity contribution in [1.29, 1.82) is 0 Å². The van der Waals surface area contributed by atoms with Gasteiger partial charge in [0.1, 0.15) is 6.61 Å². The van der Waals surface area contributed by atoms with Gasteiger partial charge in [0.25, 0.3) is 0 Å². The van der Waals surface area contributed by atoms with E-state index >= 15 is 0 Å². The Morgan fingerprint density at radius 1 is 1.29 bits per heavy atom. The summed E-state index contributed by atoms with van der Waals surface area (Å²) in [7, 11) is -3.42. The van der Waals surface area contributed by atoms with Gasteiger partial charge < -0.3 is 4.74 Å². The number of nitrogens with one attached hydrogen (secondary N) is 1. The Hall–Kier alpha value is -1.40.